The van der Waals surface area contributed by atoms with E-state index >= 15 is 0 Å². The Labute approximate surface area is 154 Å². The molecule has 1 aliphatic heterocycles. The SMILES string of the molecule is CCOC(=O)[C@H]1[C@H]2C(=O)N(CCO)[C@H](C(=O)NC(C)C)[C@H]2C=C[C@H]1CC. The van der Waals surface area contributed by atoms with Crippen molar-refractivity contribution < 1.29 is 24.2 Å². The summed E-state index contributed by atoms with van der Waals surface area (Å²) in [4.78, 5) is 39.9. The number of carbonyl (C=O) groups is 3. The fraction of sp³-hybridized carbons (Fsp3) is 0.737. The summed E-state index contributed by atoms with van der Waals surface area (Å²) in [5, 5.41) is 12.2. The van der Waals surface area contributed by atoms with E-state index in [1.807, 2.05) is 32.9 Å². The molecule has 5 atom stereocenters. The molecule has 0 aromatic heterocycles. The number of esters is 1. The number of nitrogens with zero attached hydrogens (tertiary/aromatic N) is 1. The van der Waals surface area contributed by atoms with E-state index < -0.39 is 23.8 Å². The quantitative estimate of drug-likeness (QED) is 0.511. The molecule has 0 saturated carbocycles. The van der Waals surface area contributed by atoms with Crippen LogP contribution in [0.4, 0.5) is 0 Å². The van der Waals surface area contributed by atoms with Gasteiger partial charge in [-0.15, -0.1) is 0 Å². The molecule has 26 heavy (non-hydrogen) atoms. The van der Waals surface area contributed by atoms with Crippen molar-refractivity contribution in [3.63, 3.8) is 0 Å². The fourth-order valence-corrected chi connectivity index (χ4v) is 4.17. The first-order valence-corrected chi connectivity index (χ1v) is 9.43. The lowest BCUT2D eigenvalue weighted by Gasteiger charge is -2.33. The molecule has 2 aliphatic rings. The molecule has 146 valence electrons. The molecule has 0 aromatic rings. The van der Waals surface area contributed by atoms with Crippen LogP contribution in [0.25, 0.3) is 0 Å². The van der Waals surface area contributed by atoms with Crippen molar-refractivity contribution in [2.24, 2.45) is 23.7 Å². The third kappa shape index (κ3) is 3.77. The molecule has 2 N–H and O–H groups in total. The van der Waals surface area contributed by atoms with Crippen LogP contribution in [0.1, 0.15) is 34.1 Å². The van der Waals surface area contributed by atoms with E-state index in [9.17, 15) is 19.5 Å². The number of amides is 2. The number of hydrogen-bond acceptors (Lipinski definition) is 5. The topological polar surface area (TPSA) is 95.9 Å². The number of aliphatic hydroxyl groups is 1. The van der Waals surface area contributed by atoms with E-state index in [2.05, 4.69) is 5.32 Å². The van der Waals surface area contributed by atoms with Gasteiger partial charge in [0, 0.05) is 18.5 Å². The molecule has 2 rings (SSSR count). The van der Waals surface area contributed by atoms with Crippen molar-refractivity contribution in [1.82, 2.24) is 10.2 Å². The highest BCUT2D eigenvalue weighted by Gasteiger charge is 2.57. The van der Waals surface area contributed by atoms with Crippen LogP contribution in [0.5, 0.6) is 0 Å². The van der Waals surface area contributed by atoms with Crippen LogP contribution >= 0.6 is 0 Å². The molecule has 1 fully saturated rings. The summed E-state index contributed by atoms with van der Waals surface area (Å²) in [7, 11) is 0. The smallest absolute Gasteiger partial charge is 0.310 e. The summed E-state index contributed by atoms with van der Waals surface area (Å²) in [6.45, 7) is 7.50. The average molecular weight is 366 g/mol. The van der Waals surface area contributed by atoms with Crippen molar-refractivity contribution in [2.75, 3.05) is 19.8 Å². The van der Waals surface area contributed by atoms with Crippen LogP contribution < -0.4 is 5.32 Å². The first-order valence-electron chi connectivity index (χ1n) is 9.43. The minimum Gasteiger partial charge on any atom is -0.466 e. The summed E-state index contributed by atoms with van der Waals surface area (Å²) >= 11 is 0. The van der Waals surface area contributed by atoms with E-state index in [1.54, 1.807) is 6.92 Å². The Morgan fingerprint density at radius 1 is 1.31 bits per heavy atom. The molecule has 0 radical (unpaired) electrons. The standard InChI is InChI=1S/C19H30N2O5/c1-5-12-7-8-13-15(14(12)19(25)26-6-2)18(24)21(9-10-22)16(13)17(23)20-11(3)4/h7-8,11-16,22H,5-6,9-10H2,1-4H3,(H,20,23)/t12-,13+,14-,15+,16+/m1/s1. The first-order chi connectivity index (χ1) is 12.4. The zero-order chi connectivity index (χ0) is 19.4. The van der Waals surface area contributed by atoms with Crippen LogP contribution in [0.3, 0.4) is 0 Å². The average Bonchev–Trinajstić information content (AvgIpc) is 2.86. The van der Waals surface area contributed by atoms with Crippen LogP contribution in [-0.4, -0.2) is 59.6 Å². The van der Waals surface area contributed by atoms with E-state index in [0.717, 1.165) is 0 Å². The van der Waals surface area contributed by atoms with Gasteiger partial charge in [0.1, 0.15) is 6.04 Å². The summed E-state index contributed by atoms with van der Waals surface area (Å²) in [5.74, 6) is -2.61. The maximum atomic E-state index is 13.1. The van der Waals surface area contributed by atoms with Gasteiger partial charge in [-0.1, -0.05) is 19.1 Å². The number of hydrogen-bond donors (Lipinski definition) is 2. The number of nitrogens with one attached hydrogen (secondary N) is 1. The second-order valence-electron chi connectivity index (χ2n) is 7.20. The lowest BCUT2D eigenvalue weighted by atomic mass is 9.69. The predicted molar refractivity (Wildman–Crippen MR) is 95.9 cm³/mol. The highest BCUT2D eigenvalue weighted by Crippen LogP contribution is 2.45. The van der Waals surface area contributed by atoms with Gasteiger partial charge in [0.25, 0.3) is 0 Å². The Kier molecular flexibility index (Phi) is 6.81. The summed E-state index contributed by atoms with van der Waals surface area (Å²) < 4.78 is 5.23. The van der Waals surface area contributed by atoms with Crippen LogP contribution in [0, 0.1) is 23.7 Å². The number of ether oxygens (including phenoxy) is 1. The number of likely N-dealkylation sites (tertiary alicyclic amines) is 1. The van der Waals surface area contributed by atoms with E-state index in [-0.39, 0.29) is 49.5 Å². The number of rotatable bonds is 7. The van der Waals surface area contributed by atoms with Crippen molar-refractivity contribution >= 4 is 17.8 Å². The normalized spacial score (nSPS) is 30.5. The second kappa shape index (κ2) is 8.66. The molecule has 0 aromatic carbocycles. The molecule has 1 heterocycles. The first kappa shape index (κ1) is 20.4. The van der Waals surface area contributed by atoms with Crippen molar-refractivity contribution in [3.05, 3.63) is 12.2 Å². The molecule has 7 nitrogen and oxygen atoms in total. The highest BCUT2D eigenvalue weighted by atomic mass is 16.5. The van der Waals surface area contributed by atoms with Gasteiger partial charge in [0.2, 0.25) is 11.8 Å². The molecule has 1 aliphatic carbocycles. The van der Waals surface area contributed by atoms with Crippen LogP contribution in [0.15, 0.2) is 12.2 Å². The molecule has 7 heteroatoms. The van der Waals surface area contributed by atoms with Crippen LogP contribution in [0.2, 0.25) is 0 Å². The lowest BCUT2D eigenvalue weighted by Crippen LogP contribution is -2.49. The summed E-state index contributed by atoms with van der Waals surface area (Å²) in [6.07, 6.45) is 4.54. The highest BCUT2D eigenvalue weighted by molar-refractivity contribution is 5.96. The third-order valence-corrected chi connectivity index (χ3v) is 5.18. The van der Waals surface area contributed by atoms with Gasteiger partial charge in [0.15, 0.2) is 0 Å². The minimum absolute atomic E-state index is 0.0653. The van der Waals surface area contributed by atoms with E-state index in [0.29, 0.717) is 6.42 Å². The van der Waals surface area contributed by atoms with Crippen molar-refractivity contribution in [1.29, 1.82) is 0 Å². The Morgan fingerprint density at radius 3 is 2.54 bits per heavy atom. The molecule has 2 amide bonds. The van der Waals surface area contributed by atoms with Gasteiger partial charge in [-0.05, 0) is 33.1 Å². The number of β-amino-alcohol motifs (C(OH)–C–C–N with tert-alkyl or cyclic N) is 1. The van der Waals surface area contributed by atoms with Gasteiger partial charge in [0.05, 0.1) is 25.0 Å². The fourth-order valence-electron chi connectivity index (χ4n) is 4.17. The Hall–Kier alpha value is -1.89. The maximum Gasteiger partial charge on any atom is 0.310 e. The Balaban J connectivity index is 2.42. The monoisotopic (exact) mass is 366 g/mol. The van der Waals surface area contributed by atoms with Gasteiger partial charge in [-0.25, -0.2) is 0 Å². The van der Waals surface area contributed by atoms with Gasteiger partial charge >= 0.3 is 5.97 Å². The lowest BCUT2D eigenvalue weighted by molar-refractivity contribution is -0.155. The number of aliphatic hydroxyl groups excluding tert-OH is 1. The zero-order valence-electron chi connectivity index (χ0n) is 16.0. The number of fused-ring (bicyclic) bond motifs is 1. The van der Waals surface area contributed by atoms with Gasteiger partial charge in [-0.2, -0.15) is 0 Å². The Morgan fingerprint density at radius 2 is 2.00 bits per heavy atom. The number of carbonyl (C=O) groups excluding carboxylic acids is 3. The predicted octanol–water partition coefficient (Wildman–Crippen LogP) is 0.722. The molecular formula is C19H30N2O5. The Bertz CT molecular complexity index is 574. The molecule has 0 bridgehead atoms. The third-order valence-electron chi connectivity index (χ3n) is 5.18. The second-order valence-corrected chi connectivity index (χ2v) is 7.20. The molecule has 1 saturated heterocycles. The minimum atomic E-state index is -0.715. The van der Waals surface area contributed by atoms with E-state index in [1.165, 1.54) is 4.90 Å². The number of allylic oxidation sites excluding steroid dienone is 1. The largest absolute Gasteiger partial charge is 0.466 e. The van der Waals surface area contributed by atoms with Gasteiger partial charge < -0.3 is 20.1 Å². The molecule has 0 spiro atoms. The molecular weight excluding hydrogens is 336 g/mol. The van der Waals surface area contributed by atoms with Crippen molar-refractivity contribution in [2.45, 2.75) is 46.2 Å². The zero-order valence-corrected chi connectivity index (χ0v) is 16.0. The van der Waals surface area contributed by atoms with Crippen molar-refractivity contribution in [3.8, 4) is 0 Å². The maximum absolute atomic E-state index is 13.1. The van der Waals surface area contributed by atoms with Crippen LogP contribution in [-0.2, 0) is 19.1 Å². The summed E-state index contributed by atoms with van der Waals surface area (Å²) in [6, 6.07) is -0.780. The van der Waals surface area contributed by atoms with E-state index in [4.69, 9.17) is 4.74 Å². The van der Waals surface area contributed by atoms with Gasteiger partial charge in [-0.3, -0.25) is 14.4 Å². The molecule has 0 unspecified atom stereocenters. The summed E-state index contributed by atoms with van der Waals surface area (Å²) in [5.41, 5.74) is 0.